The van der Waals surface area contributed by atoms with E-state index in [-0.39, 0.29) is 12.3 Å². The number of amidine groups is 1. The van der Waals surface area contributed by atoms with Gasteiger partial charge in [0.25, 0.3) is 5.91 Å². The minimum atomic E-state index is -0.803. The Labute approximate surface area is 157 Å². The van der Waals surface area contributed by atoms with Gasteiger partial charge < -0.3 is 0 Å². The molecule has 0 bridgehead atoms. The van der Waals surface area contributed by atoms with Gasteiger partial charge in [0, 0.05) is 7.05 Å². The molecular weight excluding hydrogens is 348 g/mol. The van der Waals surface area contributed by atoms with Crippen molar-refractivity contribution in [3.8, 4) is 0 Å². The number of aromatic nitrogens is 2. The van der Waals surface area contributed by atoms with Crippen molar-refractivity contribution in [2.75, 3.05) is 20.1 Å². The fraction of sp³-hybridized carbons (Fsp3) is 0.444. The van der Waals surface area contributed by atoms with Crippen LogP contribution in [0.3, 0.4) is 0 Å². The number of imide groups is 1. The molecule has 0 aliphatic carbocycles. The number of ketones is 1. The third-order valence-electron chi connectivity index (χ3n) is 4.41. The van der Waals surface area contributed by atoms with E-state index in [0.29, 0.717) is 18.3 Å². The van der Waals surface area contributed by atoms with E-state index >= 15 is 0 Å². The van der Waals surface area contributed by atoms with Crippen LogP contribution in [0, 0.1) is 13.8 Å². The Hall–Kier alpha value is -3.10. The lowest BCUT2D eigenvalue weighted by Gasteiger charge is -2.33. The van der Waals surface area contributed by atoms with Crippen molar-refractivity contribution in [1.82, 2.24) is 19.6 Å². The number of hydrogen-bond acceptors (Lipinski definition) is 5. The van der Waals surface area contributed by atoms with Crippen molar-refractivity contribution < 1.29 is 19.0 Å². The summed E-state index contributed by atoms with van der Waals surface area (Å²) in [5.74, 6) is 0.0531. The smallest absolute Gasteiger partial charge is 0.298 e. The van der Waals surface area contributed by atoms with Crippen LogP contribution in [0.5, 0.6) is 0 Å². The quantitative estimate of drug-likeness (QED) is 0.571. The van der Waals surface area contributed by atoms with Crippen LogP contribution in [-0.4, -0.2) is 79.9 Å². The van der Waals surface area contributed by atoms with E-state index in [2.05, 4.69) is 16.7 Å². The molecule has 3 heterocycles. The lowest BCUT2D eigenvalue weighted by atomic mass is 10.1. The standard InChI is InChI=1S/C18H23N6O3/c1-10(2)8-22-14-15(19-17(22)24-12(4)7-11(3)20-24)21(6)18(27)23(16(14)26)9-13(5)25/h7,14H,1,8-9H2,2-6H3/q+1. The number of carbonyl (C=O) groups excluding carboxylic acids is 3. The third-order valence-corrected chi connectivity index (χ3v) is 4.41. The van der Waals surface area contributed by atoms with Crippen LogP contribution >= 0.6 is 0 Å². The highest BCUT2D eigenvalue weighted by Crippen LogP contribution is 2.21. The molecule has 142 valence electrons. The molecule has 1 unspecified atom stereocenters. The number of fused-ring (bicyclic) bond motifs is 1. The second-order valence-corrected chi connectivity index (χ2v) is 7.06. The molecule has 2 aliphatic rings. The Morgan fingerprint density at radius 3 is 2.48 bits per heavy atom. The van der Waals surface area contributed by atoms with Crippen molar-refractivity contribution in [3.05, 3.63) is 29.6 Å². The van der Waals surface area contributed by atoms with Crippen molar-refractivity contribution in [2.24, 2.45) is 4.99 Å². The van der Waals surface area contributed by atoms with Crippen LogP contribution in [0.4, 0.5) is 4.79 Å². The number of hydrogen-bond donors (Lipinski definition) is 0. The van der Waals surface area contributed by atoms with Crippen LogP contribution < -0.4 is 0 Å². The average molecular weight is 371 g/mol. The van der Waals surface area contributed by atoms with E-state index in [1.54, 1.807) is 16.3 Å². The van der Waals surface area contributed by atoms with E-state index in [1.165, 1.54) is 11.8 Å². The molecule has 3 rings (SSSR count). The lowest BCUT2D eigenvalue weighted by molar-refractivity contribution is -0.529. The molecule has 27 heavy (non-hydrogen) atoms. The zero-order valence-electron chi connectivity index (χ0n) is 16.2. The molecule has 1 aromatic rings. The molecule has 0 radical (unpaired) electrons. The number of amides is 3. The van der Waals surface area contributed by atoms with Gasteiger partial charge in [-0.15, -0.1) is 9.78 Å². The number of aliphatic imine (C=N–C) groups is 1. The fourth-order valence-electron chi connectivity index (χ4n) is 3.33. The lowest BCUT2D eigenvalue weighted by Crippen LogP contribution is -2.63. The molecule has 1 saturated heterocycles. The number of aryl methyl sites for hydroxylation is 2. The Morgan fingerprint density at radius 1 is 1.30 bits per heavy atom. The van der Waals surface area contributed by atoms with E-state index in [0.717, 1.165) is 21.9 Å². The first kappa shape index (κ1) is 18.7. The maximum absolute atomic E-state index is 13.1. The molecule has 1 atom stereocenters. The summed E-state index contributed by atoms with van der Waals surface area (Å²) < 4.78 is 3.43. The summed E-state index contributed by atoms with van der Waals surface area (Å²) in [6, 6.07) is 0.546. The number of urea groups is 1. The second kappa shape index (κ2) is 6.57. The fourth-order valence-corrected chi connectivity index (χ4v) is 3.33. The maximum Gasteiger partial charge on any atom is 0.421 e. The summed E-state index contributed by atoms with van der Waals surface area (Å²) in [5, 5.41) is 4.46. The number of carbonyl (C=O) groups is 3. The normalized spacial score (nSPS) is 19.6. The monoisotopic (exact) mass is 371 g/mol. The molecule has 2 aliphatic heterocycles. The molecule has 0 aromatic carbocycles. The molecule has 0 N–H and O–H groups in total. The van der Waals surface area contributed by atoms with Crippen molar-refractivity contribution in [1.29, 1.82) is 0 Å². The molecule has 3 amide bonds. The van der Waals surface area contributed by atoms with Crippen molar-refractivity contribution in [3.63, 3.8) is 0 Å². The van der Waals surface area contributed by atoms with Gasteiger partial charge in [-0.25, -0.2) is 9.37 Å². The summed E-state index contributed by atoms with van der Waals surface area (Å²) >= 11 is 0. The Bertz CT molecular complexity index is 939. The molecule has 0 saturated carbocycles. The summed E-state index contributed by atoms with van der Waals surface area (Å²) in [5.41, 5.74) is 2.51. The van der Waals surface area contributed by atoms with Gasteiger partial charge in [-0.3, -0.25) is 19.4 Å². The first-order chi connectivity index (χ1) is 12.6. The molecule has 9 heteroatoms. The number of likely N-dealkylation sites (N-methyl/N-ethyl adjacent to an activating group) is 1. The highest BCUT2D eigenvalue weighted by Gasteiger charge is 2.53. The van der Waals surface area contributed by atoms with Crippen LogP contribution in [0.1, 0.15) is 25.2 Å². The Kier molecular flexibility index (Phi) is 4.54. The average Bonchev–Trinajstić information content (AvgIpc) is 3.08. The maximum atomic E-state index is 13.1. The van der Waals surface area contributed by atoms with Crippen LogP contribution in [0.15, 0.2) is 23.2 Å². The van der Waals surface area contributed by atoms with E-state index in [9.17, 15) is 14.4 Å². The SMILES string of the molecule is C=C(C)C[N+]1=C(n2nc(C)cc2C)N=C2C1C(=O)N(CC(C)=O)C(=O)N2C. The number of Topliss-reactive ketones (excluding diaryl/α,β-unsaturated/α-hetero) is 1. The van der Waals surface area contributed by atoms with E-state index in [4.69, 9.17) is 0 Å². The number of nitrogens with zero attached hydrogens (tertiary/aromatic N) is 6. The van der Waals surface area contributed by atoms with Gasteiger partial charge in [0.1, 0.15) is 11.5 Å². The number of rotatable bonds is 4. The summed E-state index contributed by atoms with van der Waals surface area (Å²) in [4.78, 5) is 44.1. The molecule has 1 fully saturated rings. The van der Waals surface area contributed by atoms with Gasteiger partial charge in [0.2, 0.25) is 11.9 Å². The van der Waals surface area contributed by atoms with Gasteiger partial charge in [-0.1, -0.05) is 11.6 Å². The van der Waals surface area contributed by atoms with E-state index in [1.807, 2.05) is 26.8 Å². The van der Waals surface area contributed by atoms with Crippen LogP contribution in [0.2, 0.25) is 0 Å². The summed E-state index contributed by atoms with van der Waals surface area (Å²) in [7, 11) is 1.55. The Balaban J connectivity index is 2.16. The molecule has 1 aromatic heterocycles. The molecule has 9 nitrogen and oxygen atoms in total. The largest absolute Gasteiger partial charge is 0.421 e. The van der Waals surface area contributed by atoms with E-state index < -0.39 is 18.0 Å². The van der Waals surface area contributed by atoms with Gasteiger partial charge in [0.15, 0.2) is 0 Å². The summed E-state index contributed by atoms with van der Waals surface area (Å²) in [6.07, 6.45) is 0. The van der Waals surface area contributed by atoms with Gasteiger partial charge in [-0.2, -0.15) is 0 Å². The van der Waals surface area contributed by atoms with Gasteiger partial charge >= 0.3 is 12.0 Å². The first-order valence-corrected chi connectivity index (χ1v) is 8.60. The van der Waals surface area contributed by atoms with Crippen LogP contribution in [0.25, 0.3) is 0 Å². The topological polar surface area (TPSA) is 90.9 Å². The highest BCUT2D eigenvalue weighted by molar-refractivity contribution is 6.23. The minimum Gasteiger partial charge on any atom is -0.298 e. The van der Waals surface area contributed by atoms with Gasteiger partial charge in [-0.05, 0) is 39.3 Å². The van der Waals surface area contributed by atoms with Crippen LogP contribution in [-0.2, 0) is 9.59 Å². The first-order valence-electron chi connectivity index (χ1n) is 8.60. The highest BCUT2D eigenvalue weighted by atomic mass is 16.2. The zero-order valence-corrected chi connectivity index (χ0v) is 16.2. The zero-order chi connectivity index (χ0) is 20.0. The minimum absolute atomic E-state index is 0.262. The van der Waals surface area contributed by atoms with Gasteiger partial charge in [0.05, 0.1) is 18.8 Å². The summed E-state index contributed by atoms with van der Waals surface area (Å²) in [6.45, 7) is 11.0. The van der Waals surface area contributed by atoms with Crippen molar-refractivity contribution >= 4 is 29.5 Å². The molecular formula is C18H23N6O3+. The predicted octanol–water partition coefficient (Wildman–Crippen LogP) is 0.556. The van der Waals surface area contributed by atoms with Crippen molar-refractivity contribution in [2.45, 2.75) is 33.7 Å². The molecule has 0 spiro atoms. The Morgan fingerprint density at radius 2 is 1.96 bits per heavy atom. The second-order valence-electron chi connectivity index (χ2n) is 7.06. The third kappa shape index (κ3) is 3.09. The predicted molar refractivity (Wildman–Crippen MR) is 98.8 cm³/mol.